The van der Waals surface area contributed by atoms with Gasteiger partial charge >= 0.3 is 0 Å². The van der Waals surface area contributed by atoms with Gasteiger partial charge in [-0.1, -0.05) is 42.0 Å². The van der Waals surface area contributed by atoms with Gasteiger partial charge in [0, 0.05) is 5.92 Å². The Balaban J connectivity index is 1.94. The number of aryl methyl sites for hydroxylation is 1. The van der Waals surface area contributed by atoms with Crippen LogP contribution < -0.4 is 16.6 Å². The summed E-state index contributed by atoms with van der Waals surface area (Å²) in [5, 5.41) is 12.6. The van der Waals surface area contributed by atoms with Crippen LogP contribution in [-0.4, -0.2) is 26.8 Å². The second kappa shape index (κ2) is 6.90. The highest BCUT2D eigenvalue weighted by molar-refractivity contribution is 6.16. The van der Waals surface area contributed by atoms with E-state index in [2.05, 4.69) is 15.3 Å². The van der Waals surface area contributed by atoms with Crippen molar-refractivity contribution in [1.29, 1.82) is 0 Å². The number of carbonyl (C=O) groups excluding carboxylic acids is 2. The summed E-state index contributed by atoms with van der Waals surface area (Å²) in [6, 6.07) is 13.2. The first kappa shape index (κ1) is 18.4. The number of ketones is 1. The van der Waals surface area contributed by atoms with Crippen LogP contribution in [0.1, 0.15) is 33.0 Å². The van der Waals surface area contributed by atoms with E-state index in [-0.39, 0.29) is 28.6 Å². The number of aromatic nitrogens is 2. The number of phenolic OH excluding ortho intramolecular Hbond substituents is 1. The third-order valence-corrected chi connectivity index (χ3v) is 5.03. The van der Waals surface area contributed by atoms with Gasteiger partial charge in [0.25, 0.3) is 5.56 Å². The van der Waals surface area contributed by atoms with E-state index in [0.29, 0.717) is 5.56 Å². The predicted molar refractivity (Wildman–Crippen MR) is 107 cm³/mol. The lowest BCUT2D eigenvalue weighted by Gasteiger charge is -2.31. The van der Waals surface area contributed by atoms with Crippen LogP contribution in [0.5, 0.6) is 5.75 Å². The Kier molecular flexibility index (Phi) is 4.38. The number of nitrogens with one attached hydrogen (secondary N) is 2. The van der Waals surface area contributed by atoms with Gasteiger partial charge in [-0.25, -0.2) is 0 Å². The molecule has 2 heterocycles. The fourth-order valence-corrected chi connectivity index (χ4v) is 3.65. The molecular formula is C21H18N4O4. The smallest absolute Gasteiger partial charge is 0.258 e. The third kappa shape index (κ3) is 3.14. The third-order valence-electron chi connectivity index (χ3n) is 5.03. The summed E-state index contributed by atoms with van der Waals surface area (Å²) in [7, 11) is 0. The Morgan fingerprint density at radius 2 is 1.79 bits per heavy atom. The van der Waals surface area contributed by atoms with E-state index in [9.17, 15) is 19.5 Å². The van der Waals surface area contributed by atoms with Crippen LogP contribution in [-0.2, 0) is 4.79 Å². The number of nitrogen functional groups attached to an aromatic ring is 1. The average Bonchev–Trinajstić information content (AvgIpc) is 2.67. The molecule has 1 amide bonds. The molecular weight excluding hydrogens is 372 g/mol. The van der Waals surface area contributed by atoms with E-state index < -0.39 is 29.1 Å². The number of amides is 1. The van der Waals surface area contributed by atoms with Gasteiger partial charge in [-0.2, -0.15) is 4.98 Å². The molecule has 29 heavy (non-hydrogen) atoms. The van der Waals surface area contributed by atoms with E-state index in [0.717, 1.165) is 5.56 Å². The van der Waals surface area contributed by atoms with Gasteiger partial charge in [-0.15, -0.1) is 0 Å². The number of aromatic amines is 1. The molecule has 8 nitrogen and oxygen atoms in total. The highest BCUT2D eigenvalue weighted by Gasteiger charge is 2.44. The maximum Gasteiger partial charge on any atom is 0.258 e. The number of fused-ring (bicyclic) bond motifs is 1. The molecule has 5 N–H and O–H groups in total. The largest absolute Gasteiger partial charge is 0.507 e. The number of rotatable bonds is 3. The summed E-state index contributed by atoms with van der Waals surface area (Å²) in [6.45, 7) is 1.91. The summed E-state index contributed by atoms with van der Waals surface area (Å²) in [4.78, 5) is 45.4. The lowest BCUT2D eigenvalue weighted by atomic mass is 9.75. The zero-order chi connectivity index (χ0) is 20.7. The minimum Gasteiger partial charge on any atom is -0.507 e. The number of nitrogens with two attached hydrogens (primary N) is 1. The second-order valence-electron chi connectivity index (χ2n) is 6.95. The maximum atomic E-state index is 13.3. The van der Waals surface area contributed by atoms with Crippen molar-refractivity contribution in [2.75, 3.05) is 11.1 Å². The molecule has 1 aromatic heterocycles. The van der Waals surface area contributed by atoms with Gasteiger partial charge < -0.3 is 16.2 Å². The van der Waals surface area contributed by atoms with E-state index in [1.165, 1.54) is 12.1 Å². The Hall–Kier alpha value is -3.94. The standard InChI is InChI=1S/C21H18N4O4/c1-10-6-8-11(9-7-10)14-15(17(27)12-4-2-3-5-13(12)26)19(28)23-18-16(14)20(29)25-21(22)24-18/h2-9,14-15,26H,1H3,(H4,22,23,24,25,28,29)/t14-,15-/m1/s1. The van der Waals surface area contributed by atoms with Crippen LogP contribution in [0.4, 0.5) is 11.8 Å². The molecule has 1 aliphatic rings. The Morgan fingerprint density at radius 1 is 1.10 bits per heavy atom. The van der Waals surface area contributed by atoms with Crippen LogP contribution in [0.15, 0.2) is 53.3 Å². The highest BCUT2D eigenvalue weighted by atomic mass is 16.3. The molecule has 0 saturated carbocycles. The first-order valence-corrected chi connectivity index (χ1v) is 8.96. The van der Waals surface area contributed by atoms with Crippen molar-refractivity contribution in [3.8, 4) is 5.75 Å². The van der Waals surface area contributed by atoms with Crippen LogP contribution in [0.3, 0.4) is 0 Å². The first-order chi connectivity index (χ1) is 13.9. The number of aromatic hydroxyl groups is 1. The average molecular weight is 390 g/mol. The molecule has 4 rings (SSSR count). The lowest BCUT2D eigenvalue weighted by molar-refractivity contribution is -0.119. The number of anilines is 2. The number of hydrogen-bond donors (Lipinski definition) is 4. The van der Waals surface area contributed by atoms with Crippen molar-refractivity contribution >= 4 is 23.5 Å². The molecule has 0 saturated heterocycles. The number of benzene rings is 2. The van der Waals surface area contributed by atoms with Gasteiger partial charge in [0.2, 0.25) is 11.9 Å². The van der Waals surface area contributed by atoms with Crippen LogP contribution in [0.25, 0.3) is 0 Å². The molecule has 2 aromatic carbocycles. The number of hydrogen-bond acceptors (Lipinski definition) is 6. The second-order valence-corrected chi connectivity index (χ2v) is 6.95. The van der Waals surface area contributed by atoms with Gasteiger partial charge in [-0.3, -0.25) is 19.4 Å². The van der Waals surface area contributed by atoms with Crippen LogP contribution in [0, 0.1) is 12.8 Å². The first-order valence-electron chi connectivity index (χ1n) is 8.96. The molecule has 3 aromatic rings. The lowest BCUT2D eigenvalue weighted by Crippen LogP contribution is -2.42. The molecule has 2 atom stereocenters. The van der Waals surface area contributed by atoms with Crippen molar-refractivity contribution in [2.45, 2.75) is 12.8 Å². The van der Waals surface area contributed by atoms with Gasteiger partial charge in [0.05, 0.1) is 11.1 Å². The molecule has 146 valence electrons. The summed E-state index contributed by atoms with van der Waals surface area (Å²) in [5.74, 6) is -3.69. The Labute approximate surface area is 165 Å². The zero-order valence-corrected chi connectivity index (χ0v) is 15.5. The zero-order valence-electron chi connectivity index (χ0n) is 15.5. The number of carbonyl (C=O) groups is 2. The van der Waals surface area contributed by atoms with Crippen molar-refractivity contribution in [3.05, 3.63) is 81.1 Å². The minimum absolute atomic E-state index is 0.00745. The highest BCUT2D eigenvalue weighted by Crippen LogP contribution is 2.40. The Bertz CT molecular complexity index is 1180. The quantitative estimate of drug-likeness (QED) is 0.398. The fraction of sp³-hybridized carbons (Fsp3) is 0.143. The predicted octanol–water partition coefficient (Wildman–Crippen LogP) is 1.95. The fourth-order valence-electron chi connectivity index (χ4n) is 3.65. The van der Waals surface area contributed by atoms with Crippen molar-refractivity contribution < 1.29 is 14.7 Å². The Morgan fingerprint density at radius 3 is 2.48 bits per heavy atom. The number of phenols is 1. The number of nitrogens with zero attached hydrogens (tertiary/aromatic N) is 1. The molecule has 1 aliphatic heterocycles. The van der Waals surface area contributed by atoms with Gasteiger partial charge in [0.1, 0.15) is 17.5 Å². The van der Waals surface area contributed by atoms with E-state index in [1.54, 1.807) is 24.3 Å². The van der Waals surface area contributed by atoms with E-state index >= 15 is 0 Å². The maximum absolute atomic E-state index is 13.3. The van der Waals surface area contributed by atoms with Gasteiger partial charge in [-0.05, 0) is 24.6 Å². The van der Waals surface area contributed by atoms with Crippen LogP contribution in [0.2, 0.25) is 0 Å². The SMILES string of the molecule is Cc1ccc([C@H]2c3c(nc(N)[nH]c3=O)NC(=O)[C@H]2C(=O)c2ccccc2O)cc1. The summed E-state index contributed by atoms with van der Waals surface area (Å²) < 4.78 is 0. The van der Waals surface area contributed by atoms with Crippen molar-refractivity contribution in [2.24, 2.45) is 5.92 Å². The van der Waals surface area contributed by atoms with Crippen LogP contribution >= 0.6 is 0 Å². The molecule has 8 heteroatoms. The van der Waals surface area contributed by atoms with Crippen molar-refractivity contribution in [1.82, 2.24) is 9.97 Å². The number of para-hydroxylation sites is 1. The normalized spacial score (nSPS) is 18.0. The van der Waals surface area contributed by atoms with E-state index in [4.69, 9.17) is 5.73 Å². The molecule has 0 aliphatic carbocycles. The summed E-state index contributed by atoms with van der Waals surface area (Å²) in [6.07, 6.45) is 0. The molecule has 0 unspecified atom stereocenters. The monoisotopic (exact) mass is 390 g/mol. The summed E-state index contributed by atoms with van der Waals surface area (Å²) in [5.41, 5.74) is 6.84. The topological polar surface area (TPSA) is 138 Å². The molecule has 0 radical (unpaired) electrons. The molecule has 0 fully saturated rings. The van der Waals surface area contributed by atoms with Gasteiger partial charge in [0.15, 0.2) is 5.78 Å². The van der Waals surface area contributed by atoms with E-state index in [1.807, 2.05) is 19.1 Å². The number of H-pyrrole nitrogens is 1. The summed E-state index contributed by atoms with van der Waals surface area (Å²) >= 11 is 0. The minimum atomic E-state index is -1.26. The molecule has 0 spiro atoms. The molecule has 0 bridgehead atoms. The number of Topliss-reactive ketones (excluding diaryl/α,β-unsaturated/α-hetero) is 1. The van der Waals surface area contributed by atoms with Crippen molar-refractivity contribution in [3.63, 3.8) is 0 Å².